The van der Waals surface area contributed by atoms with Gasteiger partial charge in [0.1, 0.15) is 11.6 Å². The van der Waals surface area contributed by atoms with E-state index >= 15 is 0 Å². The fraction of sp³-hybridized carbons (Fsp3) is 0.441. The van der Waals surface area contributed by atoms with Crippen LogP contribution in [-0.4, -0.2) is 34.8 Å². The quantitative estimate of drug-likeness (QED) is 0.165. The fourth-order valence-electron chi connectivity index (χ4n) is 5.32. The lowest BCUT2D eigenvalue weighted by atomic mass is 9.88. The molecule has 0 radical (unpaired) electrons. The Kier molecular flexibility index (Phi) is 12.9. The average molecular weight is 567 g/mol. The number of aliphatic hydroxyl groups excluding tert-OH is 2. The molecule has 0 aliphatic heterocycles. The zero-order valence-electron chi connectivity index (χ0n) is 24.4. The summed E-state index contributed by atoms with van der Waals surface area (Å²) in [6.45, 7) is 6.95. The van der Waals surface area contributed by atoms with Gasteiger partial charge in [-0.3, -0.25) is 4.79 Å². The number of rotatable bonds is 16. The third-order valence-electron chi connectivity index (χ3n) is 7.50. The molecule has 0 saturated carbocycles. The molecular weight excluding hydrogens is 522 g/mol. The highest BCUT2D eigenvalue weighted by molar-refractivity contribution is 5.94. The van der Waals surface area contributed by atoms with Gasteiger partial charge in [0.25, 0.3) is 5.91 Å². The molecular formula is C34H44F2N2O3. The number of aliphatic hydroxyl groups is 2. The van der Waals surface area contributed by atoms with Crippen LogP contribution in [0.2, 0.25) is 0 Å². The van der Waals surface area contributed by atoms with Gasteiger partial charge >= 0.3 is 0 Å². The van der Waals surface area contributed by atoms with E-state index in [0.29, 0.717) is 23.2 Å². The van der Waals surface area contributed by atoms with Gasteiger partial charge in [0, 0.05) is 24.7 Å². The van der Waals surface area contributed by atoms with Crippen LogP contribution in [0.1, 0.15) is 85.2 Å². The highest BCUT2D eigenvalue weighted by atomic mass is 19.1. The first-order chi connectivity index (χ1) is 19.7. The third kappa shape index (κ3) is 10.0. The van der Waals surface area contributed by atoms with Crippen LogP contribution in [0.5, 0.6) is 0 Å². The van der Waals surface area contributed by atoms with Crippen LogP contribution in [-0.2, 0) is 19.4 Å². The van der Waals surface area contributed by atoms with Gasteiger partial charge in [0.2, 0.25) is 0 Å². The summed E-state index contributed by atoms with van der Waals surface area (Å²) < 4.78 is 27.9. The molecule has 0 bridgehead atoms. The molecule has 3 rings (SSSR count). The van der Waals surface area contributed by atoms with Crippen molar-refractivity contribution in [1.29, 1.82) is 0 Å². The predicted molar refractivity (Wildman–Crippen MR) is 160 cm³/mol. The second kappa shape index (κ2) is 16.3. The topological polar surface area (TPSA) is 81.6 Å². The summed E-state index contributed by atoms with van der Waals surface area (Å²) in [6.07, 6.45) is 2.93. The first kappa shape index (κ1) is 32.4. The van der Waals surface area contributed by atoms with Crippen LogP contribution < -0.4 is 10.6 Å². The predicted octanol–water partition coefficient (Wildman–Crippen LogP) is 6.27. The average Bonchev–Trinajstić information content (AvgIpc) is 2.96. The Bertz CT molecular complexity index is 1230. The zero-order chi connectivity index (χ0) is 29.8. The molecule has 0 spiro atoms. The number of carbonyl (C=O) groups excluding carboxylic acids is 1. The van der Waals surface area contributed by atoms with Crippen molar-refractivity contribution in [3.8, 4) is 0 Å². The van der Waals surface area contributed by atoms with E-state index in [-0.39, 0.29) is 18.9 Å². The summed E-state index contributed by atoms with van der Waals surface area (Å²) in [5, 5.41) is 28.3. The molecule has 41 heavy (non-hydrogen) atoms. The Balaban J connectivity index is 1.76. The van der Waals surface area contributed by atoms with E-state index in [0.717, 1.165) is 43.7 Å². The minimum Gasteiger partial charge on any atom is -0.390 e. The highest BCUT2D eigenvalue weighted by Gasteiger charge is 2.25. The molecule has 5 nitrogen and oxygen atoms in total. The van der Waals surface area contributed by atoms with Gasteiger partial charge < -0.3 is 20.8 Å². The lowest BCUT2D eigenvalue weighted by molar-refractivity contribution is 0.0827. The first-order valence-electron chi connectivity index (χ1n) is 14.7. The third-order valence-corrected chi connectivity index (χ3v) is 7.50. The Morgan fingerprint density at radius 2 is 1.49 bits per heavy atom. The van der Waals surface area contributed by atoms with Crippen molar-refractivity contribution in [1.82, 2.24) is 10.6 Å². The SMILES string of the molecule is CCCC(CCC)C(O)c1cccc(C(=O)N[C@@H](Cc2cc(F)cc(F)c2)[C@@H](O)CNCc2cccc(CC)c2)c1. The molecule has 7 heteroatoms. The van der Waals surface area contributed by atoms with Crippen molar-refractivity contribution in [2.75, 3.05) is 6.54 Å². The second-order valence-electron chi connectivity index (χ2n) is 10.8. The van der Waals surface area contributed by atoms with Crippen molar-refractivity contribution in [3.05, 3.63) is 106 Å². The van der Waals surface area contributed by atoms with Gasteiger partial charge in [-0.25, -0.2) is 8.78 Å². The van der Waals surface area contributed by atoms with Crippen LogP contribution in [0.3, 0.4) is 0 Å². The maximum Gasteiger partial charge on any atom is 0.251 e. The van der Waals surface area contributed by atoms with E-state index in [1.165, 1.54) is 17.7 Å². The number of aryl methyl sites for hydroxylation is 1. The molecule has 0 saturated heterocycles. The Hall–Kier alpha value is -3.13. The van der Waals surface area contributed by atoms with Crippen LogP contribution >= 0.6 is 0 Å². The van der Waals surface area contributed by atoms with Crippen molar-refractivity contribution in [3.63, 3.8) is 0 Å². The summed E-state index contributed by atoms with van der Waals surface area (Å²) in [5.41, 5.74) is 3.63. The summed E-state index contributed by atoms with van der Waals surface area (Å²) in [5.74, 6) is -1.77. The van der Waals surface area contributed by atoms with E-state index in [4.69, 9.17) is 0 Å². The fourth-order valence-corrected chi connectivity index (χ4v) is 5.32. The second-order valence-corrected chi connectivity index (χ2v) is 10.8. The summed E-state index contributed by atoms with van der Waals surface area (Å²) in [4.78, 5) is 13.4. The number of benzene rings is 3. The maximum absolute atomic E-state index is 13.9. The van der Waals surface area contributed by atoms with Gasteiger partial charge in [-0.1, -0.05) is 70.0 Å². The number of amides is 1. The van der Waals surface area contributed by atoms with E-state index in [1.54, 1.807) is 18.2 Å². The molecule has 3 aromatic rings. The van der Waals surface area contributed by atoms with Gasteiger partial charge in [-0.05, 0) is 78.1 Å². The molecule has 1 amide bonds. The van der Waals surface area contributed by atoms with Crippen LogP contribution in [0, 0.1) is 17.6 Å². The van der Waals surface area contributed by atoms with E-state index in [9.17, 15) is 23.8 Å². The van der Waals surface area contributed by atoms with E-state index < -0.39 is 35.8 Å². The Morgan fingerprint density at radius 3 is 2.15 bits per heavy atom. The lowest BCUT2D eigenvalue weighted by Crippen LogP contribution is -2.48. The molecule has 0 fully saturated rings. The van der Waals surface area contributed by atoms with Crippen molar-refractivity contribution >= 4 is 5.91 Å². The number of hydrogen-bond donors (Lipinski definition) is 4. The summed E-state index contributed by atoms with van der Waals surface area (Å²) >= 11 is 0. The number of halogens is 2. The maximum atomic E-state index is 13.9. The molecule has 0 heterocycles. The minimum atomic E-state index is -1.04. The first-order valence-corrected chi connectivity index (χ1v) is 14.7. The van der Waals surface area contributed by atoms with Crippen LogP contribution in [0.25, 0.3) is 0 Å². The van der Waals surface area contributed by atoms with Gasteiger partial charge in [0.15, 0.2) is 0 Å². The van der Waals surface area contributed by atoms with Crippen LogP contribution in [0.15, 0.2) is 66.7 Å². The van der Waals surface area contributed by atoms with Gasteiger partial charge in [-0.15, -0.1) is 0 Å². The molecule has 4 N–H and O–H groups in total. The lowest BCUT2D eigenvalue weighted by Gasteiger charge is -2.26. The number of carbonyl (C=O) groups is 1. The van der Waals surface area contributed by atoms with E-state index in [1.807, 2.05) is 18.2 Å². The van der Waals surface area contributed by atoms with Crippen molar-refractivity contribution in [2.24, 2.45) is 5.92 Å². The van der Waals surface area contributed by atoms with Gasteiger partial charge in [-0.2, -0.15) is 0 Å². The number of hydrogen-bond acceptors (Lipinski definition) is 4. The Labute approximate surface area is 243 Å². The smallest absolute Gasteiger partial charge is 0.251 e. The Morgan fingerprint density at radius 1 is 0.829 bits per heavy atom. The molecule has 3 atom stereocenters. The minimum absolute atomic E-state index is 0.0337. The summed E-state index contributed by atoms with van der Waals surface area (Å²) in [7, 11) is 0. The van der Waals surface area contributed by atoms with Crippen molar-refractivity contribution < 1.29 is 23.8 Å². The molecule has 0 aliphatic rings. The summed E-state index contributed by atoms with van der Waals surface area (Å²) in [6, 6.07) is 17.4. The van der Waals surface area contributed by atoms with E-state index in [2.05, 4.69) is 43.5 Å². The highest BCUT2D eigenvalue weighted by Crippen LogP contribution is 2.30. The monoisotopic (exact) mass is 566 g/mol. The zero-order valence-corrected chi connectivity index (χ0v) is 24.4. The number of nitrogens with one attached hydrogen (secondary N) is 2. The van der Waals surface area contributed by atoms with Crippen LogP contribution in [0.4, 0.5) is 8.78 Å². The standard InChI is InChI=1S/C34H44F2N2O3/c1-4-9-26(10-5-2)33(40)27-13-8-14-28(19-27)34(41)38-31(18-25-16-29(35)20-30(36)17-25)32(39)22-37-21-24-12-7-11-23(6-3)15-24/h7-8,11-17,19-20,26,31-33,37,39-40H,4-6,9-10,18,21-22H2,1-3H3,(H,38,41)/t31-,32-,33?/m0/s1. The van der Waals surface area contributed by atoms with Crippen molar-refractivity contribution in [2.45, 2.75) is 84.1 Å². The normalized spacial score (nSPS) is 13.7. The van der Waals surface area contributed by atoms with Gasteiger partial charge in [0.05, 0.1) is 18.2 Å². The largest absolute Gasteiger partial charge is 0.390 e. The molecule has 0 aliphatic carbocycles. The molecule has 3 aromatic carbocycles. The molecule has 222 valence electrons. The molecule has 1 unspecified atom stereocenters. The molecule has 0 aromatic heterocycles.